The molecule has 4 aromatic heterocycles. The second kappa shape index (κ2) is 15.0. The van der Waals surface area contributed by atoms with Crippen molar-refractivity contribution >= 4 is 83.9 Å². The molecule has 2 N–H and O–H groups in total. The zero-order valence-corrected chi connectivity index (χ0v) is 35.2. The van der Waals surface area contributed by atoms with Gasteiger partial charge in [0.05, 0.1) is 39.1 Å². The Balaban J connectivity index is 0.859. The van der Waals surface area contributed by atoms with Gasteiger partial charge in [0.2, 0.25) is 0 Å². The quantitative estimate of drug-likeness (QED) is 0.133. The van der Waals surface area contributed by atoms with Crippen molar-refractivity contribution in [3.8, 4) is 0 Å². The number of hydrogen-bond donors (Lipinski definition) is 4. The van der Waals surface area contributed by atoms with Gasteiger partial charge in [-0.05, 0) is 24.3 Å². The molecule has 0 radical (unpaired) electrons. The maximum absolute atomic E-state index is 14.2. The van der Waals surface area contributed by atoms with E-state index in [4.69, 9.17) is 37.0 Å². The molecule has 5 saturated heterocycles. The molecule has 26 heteroatoms. The van der Waals surface area contributed by atoms with Gasteiger partial charge in [-0.3, -0.25) is 36.8 Å². The van der Waals surface area contributed by atoms with E-state index < -0.39 is 86.7 Å². The van der Waals surface area contributed by atoms with E-state index in [-0.39, 0.29) is 47.2 Å². The van der Waals surface area contributed by atoms with E-state index in [1.807, 2.05) is 0 Å². The average molecular weight is 923 g/mol. The molecular weight excluding hydrogens is 891 g/mol. The van der Waals surface area contributed by atoms with Crippen molar-refractivity contribution < 1.29 is 55.8 Å². The highest BCUT2D eigenvalue weighted by molar-refractivity contribution is 8.44. The number of anilines is 2. The number of nitrogens with one attached hydrogen (secondary N) is 2. The van der Waals surface area contributed by atoms with Crippen LogP contribution < -0.4 is 10.6 Å². The lowest BCUT2D eigenvalue weighted by Crippen LogP contribution is -2.48. The molecule has 5 aliphatic rings. The molecule has 22 nitrogen and oxygen atoms in total. The monoisotopic (exact) mass is 922 g/mol. The number of benzene rings is 2. The second-order valence-corrected chi connectivity index (χ2v) is 20.7. The smallest absolute Gasteiger partial charge is 0.367 e. The van der Waals surface area contributed by atoms with Crippen LogP contribution in [0.5, 0.6) is 0 Å². The topological polar surface area (TPSA) is 253 Å². The van der Waals surface area contributed by atoms with Crippen molar-refractivity contribution in [2.45, 2.75) is 48.1 Å². The van der Waals surface area contributed by atoms with Gasteiger partial charge in [-0.1, -0.05) is 60.9 Å². The predicted octanol–water partition coefficient (Wildman–Crippen LogP) is 4.40. The van der Waals surface area contributed by atoms with Crippen molar-refractivity contribution in [2.24, 2.45) is 0 Å². The van der Waals surface area contributed by atoms with Gasteiger partial charge in [0.15, 0.2) is 46.4 Å². The Bertz CT molecular complexity index is 2670. The summed E-state index contributed by atoms with van der Waals surface area (Å²) in [6.45, 7) is -9.87. The Morgan fingerprint density at radius 2 is 1.03 bits per heavy atom. The molecule has 0 unspecified atom stereocenters. The number of nitrogens with zero attached hydrogens (tertiary/aromatic N) is 8. The average Bonchev–Trinajstić information content (AvgIpc) is 4.13. The molecule has 62 heavy (non-hydrogen) atoms. The Kier molecular flexibility index (Phi) is 9.68. The maximum atomic E-state index is 14.2. The van der Waals surface area contributed by atoms with Gasteiger partial charge in [-0.2, -0.15) is 0 Å². The number of aromatic nitrogens is 8. The fraction of sp³-hybridized carbons (Fsp3) is 0.333. The van der Waals surface area contributed by atoms with Gasteiger partial charge < -0.3 is 29.6 Å². The minimum absolute atomic E-state index is 0.145. The van der Waals surface area contributed by atoms with Gasteiger partial charge in [-0.25, -0.2) is 39.0 Å². The Morgan fingerprint density at radius 1 is 0.613 bits per heavy atom. The number of hydrogen-bond acceptors (Lipinski definition) is 18. The van der Waals surface area contributed by atoms with Gasteiger partial charge in [0.25, 0.3) is 11.8 Å². The number of imidazole rings is 2. The van der Waals surface area contributed by atoms with Crippen LogP contribution in [0.3, 0.4) is 0 Å². The number of fused-ring (bicyclic) bond motifs is 2. The summed E-state index contributed by atoms with van der Waals surface area (Å²) in [6, 6.07) is 17.2. The molecule has 11 rings (SSSR count). The van der Waals surface area contributed by atoms with Crippen molar-refractivity contribution in [3.05, 3.63) is 97.1 Å². The Morgan fingerprint density at radius 3 is 1.45 bits per heavy atom. The van der Waals surface area contributed by atoms with Crippen LogP contribution in [-0.4, -0.2) is 113 Å². The number of carbonyl (C=O) groups is 2. The third kappa shape index (κ3) is 6.77. The summed E-state index contributed by atoms with van der Waals surface area (Å²) in [5, 5.41) is 5.53. The number of ether oxygens (including phenoxy) is 4. The largest absolute Gasteiger partial charge is 0.386 e. The molecule has 4 bridgehead atoms. The van der Waals surface area contributed by atoms with Crippen molar-refractivity contribution in [1.82, 2.24) is 39.0 Å². The molecule has 10 atom stereocenters. The lowest BCUT2D eigenvalue weighted by Gasteiger charge is -2.35. The molecule has 9 heterocycles. The van der Waals surface area contributed by atoms with E-state index in [0.717, 1.165) is 0 Å². The number of rotatable bonds is 6. The zero-order chi connectivity index (χ0) is 42.4. The highest BCUT2D eigenvalue weighted by Gasteiger charge is 2.68. The number of amides is 2. The lowest BCUT2D eigenvalue weighted by molar-refractivity contribution is -0.186. The van der Waals surface area contributed by atoms with Crippen LogP contribution >= 0.6 is 38.1 Å². The van der Waals surface area contributed by atoms with Gasteiger partial charge >= 0.3 is 13.6 Å². The molecule has 320 valence electrons. The molecule has 0 aliphatic carbocycles. The first-order valence-electron chi connectivity index (χ1n) is 18.9. The fourth-order valence-electron chi connectivity index (χ4n) is 8.28. The SMILES string of the molecule is O=C(Nc1ncnc2c1ncn2[C@@H]1O[C@@]23CO[C@@H]1[C@@H]2O[P@](=O)(S)OC[C@@]12CO[C@@H]([C@H](n4cnc5c(NC(=O)c6ccccc6)ncnc54)O1)[C@@H]2O[P@](=O)(S)OC3)c1ccccc1. The molecule has 0 saturated carbocycles. The molecule has 5 aliphatic heterocycles. The minimum Gasteiger partial charge on any atom is -0.367 e. The number of thiol groups is 2. The summed E-state index contributed by atoms with van der Waals surface area (Å²) in [5.74, 6) is -0.509. The van der Waals surface area contributed by atoms with E-state index >= 15 is 0 Å². The molecule has 0 spiro atoms. The molecule has 6 aromatic rings. The van der Waals surface area contributed by atoms with Crippen LogP contribution in [0.1, 0.15) is 33.2 Å². The van der Waals surface area contributed by atoms with Gasteiger partial charge in [0.1, 0.15) is 48.3 Å². The first kappa shape index (κ1) is 40.1. The van der Waals surface area contributed by atoms with Crippen molar-refractivity contribution in [2.75, 3.05) is 37.1 Å². The zero-order valence-electron chi connectivity index (χ0n) is 31.6. The van der Waals surface area contributed by atoms with E-state index in [1.165, 1.54) is 25.3 Å². The van der Waals surface area contributed by atoms with E-state index in [1.54, 1.807) is 69.8 Å². The summed E-state index contributed by atoms with van der Waals surface area (Å²) in [6.07, 6.45) is -0.951. The molecular formula is C36H32N10O12P2S2. The lowest BCUT2D eigenvalue weighted by atomic mass is 10.0. The summed E-state index contributed by atoms with van der Waals surface area (Å²) in [7, 11) is 0. The maximum Gasteiger partial charge on any atom is 0.386 e. The van der Waals surface area contributed by atoms with Crippen LogP contribution in [0.25, 0.3) is 22.3 Å². The van der Waals surface area contributed by atoms with E-state index in [9.17, 15) is 18.7 Å². The summed E-state index contributed by atoms with van der Waals surface area (Å²) >= 11 is 8.72. The normalized spacial score (nSPS) is 34.0. The predicted molar refractivity (Wildman–Crippen MR) is 219 cm³/mol. The van der Waals surface area contributed by atoms with Gasteiger partial charge in [-0.15, -0.1) is 0 Å². The third-order valence-electron chi connectivity index (χ3n) is 11.2. The molecule has 2 aromatic carbocycles. The highest BCUT2D eigenvalue weighted by Crippen LogP contribution is 2.65. The van der Waals surface area contributed by atoms with Crippen LogP contribution in [0.15, 0.2) is 86.0 Å². The van der Waals surface area contributed by atoms with E-state index in [0.29, 0.717) is 11.1 Å². The Labute approximate surface area is 359 Å². The number of carbonyl (C=O) groups excluding carboxylic acids is 2. The summed E-state index contributed by atoms with van der Waals surface area (Å²) < 4.78 is 81.2. The van der Waals surface area contributed by atoms with Gasteiger partial charge in [0, 0.05) is 11.1 Å². The standard InChI is InChI=1S/C36H32N10O12P2S2/c47-31(19-7-3-1-4-8-19)43-27-21-29(39-15-37-27)45(17-41-21)33-23-25-35(55-33,11-51-23)13-53-60(50,62)58-26-24-34(56-36(26,12-52-24)14-54-59(49,61)57-25)46-18-42-22-28(38-16-40-30(22)46)44-32(48)20-9-5-2-6-10-20/h1-10,15-18,23-26,33-34H,11-14H2,(H,49,61)(H,50,62)(H,37,39,43,47)(H,38,40,44,48)/t23-,24-,25+,26+,33-,34-,35-,36-,59-,60-/m1/s1. The highest BCUT2D eigenvalue weighted by atomic mass is 32.7. The first-order chi connectivity index (χ1) is 29.9. The molecule has 2 amide bonds. The van der Waals surface area contributed by atoms with Crippen LogP contribution in [0, 0.1) is 0 Å². The second-order valence-electron chi connectivity index (χ2n) is 15.0. The first-order valence-corrected chi connectivity index (χ1v) is 24.3. The molecule has 5 fully saturated rings. The van der Waals surface area contributed by atoms with Crippen LogP contribution in [-0.2, 0) is 46.2 Å². The Hall–Kier alpha value is -4.68. The summed E-state index contributed by atoms with van der Waals surface area (Å²) in [4.78, 5) is 52.1. The van der Waals surface area contributed by atoms with Crippen LogP contribution in [0.4, 0.5) is 11.6 Å². The fourth-order valence-corrected chi connectivity index (χ4v) is 11.3. The summed E-state index contributed by atoms with van der Waals surface area (Å²) in [5.41, 5.74) is -1.22. The van der Waals surface area contributed by atoms with Crippen molar-refractivity contribution in [1.29, 1.82) is 0 Å². The van der Waals surface area contributed by atoms with E-state index in [2.05, 4.69) is 65.0 Å². The van der Waals surface area contributed by atoms with Crippen molar-refractivity contribution in [3.63, 3.8) is 0 Å². The minimum atomic E-state index is -4.31. The van der Waals surface area contributed by atoms with Crippen LogP contribution in [0.2, 0.25) is 0 Å². The third-order valence-corrected chi connectivity index (χ3v) is 14.3.